The Balaban J connectivity index is 2.89. The summed E-state index contributed by atoms with van der Waals surface area (Å²) >= 11 is 0. The van der Waals surface area contributed by atoms with Gasteiger partial charge in [0.15, 0.2) is 5.78 Å². The molecule has 4 heteroatoms. The lowest BCUT2D eigenvalue weighted by atomic mass is 9.90. The van der Waals surface area contributed by atoms with Gasteiger partial charge in [0, 0.05) is 5.92 Å². The quantitative estimate of drug-likeness (QED) is 0.717. The number of aryl methyl sites for hydroxylation is 1. The molecule has 1 aromatic rings. The molecule has 0 aliphatic heterocycles. The van der Waals surface area contributed by atoms with Crippen LogP contribution in [0.3, 0.4) is 0 Å². The lowest BCUT2D eigenvalue weighted by Gasteiger charge is -2.17. The molecule has 0 radical (unpaired) electrons. The molecule has 0 aliphatic carbocycles. The number of hydrogen-bond donors (Lipinski definition) is 0. The van der Waals surface area contributed by atoms with Crippen LogP contribution in [0.25, 0.3) is 0 Å². The molecule has 0 aromatic heterocycles. The van der Waals surface area contributed by atoms with Gasteiger partial charge in [-0.1, -0.05) is 25.1 Å². The van der Waals surface area contributed by atoms with E-state index in [9.17, 15) is 14.4 Å². The van der Waals surface area contributed by atoms with Crippen molar-refractivity contribution in [2.24, 2.45) is 0 Å². The van der Waals surface area contributed by atoms with Crippen LogP contribution in [0.4, 0.5) is 0 Å². The van der Waals surface area contributed by atoms with E-state index in [-0.39, 0.29) is 18.2 Å². The molecule has 18 heavy (non-hydrogen) atoms. The van der Waals surface area contributed by atoms with Crippen molar-refractivity contribution < 1.29 is 14.4 Å². The SMILES string of the molecule is Cc1cccc(C(C)C(=O)CN(C=O)C=O)c1C. The standard InChI is InChI=1S/C14H17NO3/c1-10-5-4-6-13(11(10)2)12(3)14(18)7-15(8-16)9-17/h4-6,8-9,12H,7H2,1-3H3. The summed E-state index contributed by atoms with van der Waals surface area (Å²) in [6, 6.07) is 5.79. The molecule has 0 fully saturated rings. The van der Waals surface area contributed by atoms with E-state index in [0.717, 1.165) is 21.6 Å². The third kappa shape index (κ3) is 3.03. The first kappa shape index (κ1) is 14.1. The number of carbonyl (C=O) groups is 3. The number of nitrogens with zero attached hydrogens (tertiary/aromatic N) is 1. The average Bonchev–Trinajstić information content (AvgIpc) is 2.38. The Labute approximate surface area is 107 Å². The maximum absolute atomic E-state index is 12.0. The summed E-state index contributed by atoms with van der Waals surface area (Å²) < 4.78 is 0. The second-order valence-corrected chi connectivity index (χ2v) is 4.36. The fourth-order valence-electron chi connectivity index (χ4n) is 1.83. The second-order valence-electron chi connectivity index (χ2n) is 4.36. The Morgan fingerprint density at radius 2 is 1.89 bits per heavy atom. The van der Waals surface area contributed by atoms with Crippen molar-refractivity contribution in [3.63, 3.8) is 0 Å². The lowest BCUT2D eigenvalue weighted by molar-refractivity contribution is -0.134. The van der Waals surface area contributed by atoms with Gasteiger partial charge < -0.3 is 0 Å². The van der Waals surface area contributed by atoms with Crippen molar-refractivity contribution >= 4 is 18.6 Å². The highest BCUT2D eigenvalue weighted by molar-refractivity contribution is 5.91. The first-order valence-electron chi connectivity index (χ1n) is 5.76. The van der Waals surface area contributed by atoms with Crippen LogP contribution in [-0.2, 0) is 14.4 Å². The van der Waals surface area contributed by atoms with Crippen LogP contribution in [0, 0.1) is 13.8 Å². The first-order valence-corrected chi connectivity index (χ1v) is 5.76. The molecule has 1 atom stereocenters. The van der Waals surface area contributed by atoms with Gasteiger partial charge in [-0.2, -0.15) is 0 Å². The fourth-order valence-corrected chi connectivity index (χ4v) is 1.83. The molecule has 0 bridgehead atoms. The van der Waals surface area contributed by atoms with Gasteiger partial charge in [0.05, 0.1) is 6.54 Å². The summed E-state index contributed by atoms with van der Waals surface area (Å²) in [4.78, 5) is 33.8. The number of amides is 2. The molecule has 96 valence electrons. The molecule has 0 saturated heterocycles. The minimum absolute atomic E-state index is 0.150. The smallest absolute Gasteiger partial charge is 0.216 e. The predicted molar refractivity (Wildman–Crippen MR) is 68.2 cm³/mol. The minimum Gasteiger partial charge on any atom is -0.297 e. The van der Waals surface area contributed by atoms with Crippen LogP contribution in [0.5, 0.6) is 0 Å². The molecule has 1 unspecified atom stereocenters. The molecular weight excluding hydrogens is 230 g/mol. The van der Waals surface area contributed by atoms with Gasteiger partial charge in [-0.3, -0.25) is 19.3 Å². The molecule has 0 spiro atoms. The molecule has 0 N–H and O–H groups in total. The van der Waals surface area contributed by atoms with Gasteiger partial charge in [0.1, 0.15) is 0 Å². The zero-order valence-electron chi connectivity index (χ0n) is 10.8. The van der Waals surface area contributed by atoms with Crippen LogP contribution in [-0.4, -0.2) is 30.0 Å². The van der Waals surface area contributed by atoms with Gasteiger partial charge in [-0.05, 0) is 30.5 Å². The van der Waals surface area contributed by atoms with Crippen molar-refractivity contribution in [1.29, 1.82) is 0 Å². The summed E-state index contributed by atoms with van der Waals surface area (Å²) in [6.07, 6.45) is 0.724. The average molecular weight is 247 g/mol. The summed E-state index contributed by atoms with van der Waals surface area (Å²) in [5.41, 5.74) is 3.13. The van der Waals surface area contributed by atoms with Crippen LogP contribution < -0.4 is 0 Å². The number of imide groups is 1. The molecule has 1 aromatic carbocycles. The number of benzene rings is 1. The molecule has 4 nitrogen and oxygen atoms in total. The topological polar surface area (TPSA) is 54.5 Å². The number of Topliss-reactive ketones (excluding diaryl/α,β-unsaturated/α-hetero) is 1. The van der Waals surface area contributed by atoms with E-state index in [2.05, 4.69) is 0 Å². The second kappa shape index (κ2) is 6.10. The fraction of sp³-hybridized carbons (Fsp3) is 0.357. The van der Waals surface area contributed by atoms with E-state index in [4.69, 9.17) is 0 Å². The Morgan fingerprint density at radius 3 is 2.44 bits per heavy atom. The Bertz CT molecular complexity index is 460. The highest BCUT2D eigenvalue weighted by Crippen LogP contribution is 2.22. The summed E-state index contributed by atoms with van der Waals surface area (Å²) in [5.74, 6) is -0.477. The highest BCUT2D eigenvalue weighted by atomic mass is 16.2. The van der Waals surface area contributed by atoms with E-state index in [0.29, 0.717) is 12.8 Å². The predicted octanol–water partition coefficient (Wildman–Crippen LogP) is 1.59. The monoisotopic (exact) mass is 247 g/mol. The highest BCUT2D eigenvalue weighted by Gasteiger charge is 2.19. The Kier molecular flexibility index (Phi) is 4.77. The zero-order chi connectivity index (χ0) is 13.7. The van der Waals surface area contributed by atoms with Gasteiger partial charge in [0.2, 0.25) is 12.8 Å². The van der Waals surface area contributed by atoms with E-state index < -0.39 is 0 Å². The maximum Gasteiger partial charge on any atom is 0.216 e. The molecule has 0 heterocycles. The Morgan fingerprint density at radius 1 is 1.28 bits per heavy atom. The van der Waals surface area contributed by atoms with Crippen LogP contribution in [0.2, 0.25) is 0 Å². The molecule has 2 amide bonds. The van der Waals surface area contributed by atoms with Gasteiger partial charge in [-0.15, -0.1) is 0 Å². The number of rotatable bonds is 6. The minimum atomic E-state index is -0.327. The van der Waals surface area contributed by atoms with E-state index >= 15 is 0 Å². The third-order valence-corrected chi connectivity index (χ3v) is 3.21. The van der Waals surface area contributed by atoms with Crippen LogP contribution >= 0.6 is 0 Å². The van der Waals surface area contributed by atoms with E-state index in [1.54, 1.807) is 6.92 Å². The zero-order valence-corrected chi connectivity index (χ0v) is 10.8. The van der Waals surface area contributed by atoms with Gasteiger partial charge in [0.25, 0.3) is 0 Å². The van der Waals surface area contributed by atoms with E-state index in [1.807, 2.05) is 32.0 Å². The van der Waals surface area contributed by atoms with E-state index in [1.165, 1.54) is 0 Å². The molecule has 0 saturated carbocycles. The number of hydrogen-bond acceptors (Lipinski definition) is 3. The van der Waals surface area contributed by atoms with Crippen molar-refractivity contribution in [1.82, 2.24) is 4.90 Å². The summed E-state index contributed by atoms with van der Waals surface area (Å²) in [6.45, 7) is 5.56. The van der Waals surface area contributed by atoms with Gasteiger partial charge in [-0.25, -0.2) is 0 Å². The molecular formula is C14H17NO3. The normalized spacial score (nSPS) is 11.7. The van der Waals surface area contributed by atoms with Crippen molar-refractivity contribution in [2.45, 2.75) is 26.7 Å². The maximum atomic E-state index is 12.0. The molecule has 1 rings (SSSR count). The Hall–Kier alpha value is -1.97. The first-order chi connectivity index (χ1) is 8.51. The summed E-state index contributed by atoms with van der Waals surface area (Å²) in [5, 5.41) is 0. The van der Waals surface area contributed by atoms with Crippen LogP contribution in [0.15, 0.2) is 18.2 Å². The van der Waals surface area contributed by atoms with Crippen molar-refractivity contribution in [2.75, 3.05) is 6.54 Å². The third-order valence-electron chi connectivity index (χ3n) is 3.21. The lowest BCUT2D eigenvalue weighted by Crippen LogP contribution is -2.30. The summed E-state index contributed by atoms with van der Waals surface area (Å²) in [7, 11) is 0. The van der Waals surface area contributed by atoms with Crippen molar-refractivity contribution in [3.8, 4) is 0 Å². The van der Waals surface area contributed by atoms with Crippen molar-refractivity contribution in [3.05, 3.63) is 34.9 Å². The largest absolute Gasteiger partial charge is 0.297 e. The van der Waals surface area contributed by atoms with Crippen LogP contribution in [0.1, 0.15) is 29.5 Å². The number of carbonyl (C=O) groups excluding carboxylic acids is 3. The molecule has 0 aliphatic rings. The number of ketones is 1. The van der Waals surface area contributed by atoms with Gasteiger partial charge >= 0.3 is 0 Å².